The SMILES string of the molecule is CC(C)c1cc(NC(=O)Nc2ccc(O)cc2)c(O)c2c1C[C@]1(C)C[C@]3(C)[C@@H](C(C)C)C(O)[C@@H](C(N)=O)C(=O)[C@]3(O)C(O)[C@H]1C2=O. The minimum Gasteiger partial charge on any atom is -0.508 e. The molecule has 0 saturated heterocycles. The second-order valence-corrected chi connectivity index (χ2v) is 14.5. The van der Waals surface area contributed by atoms with E-state index in [1.54, 1.807) is 33.8 Å². The van der Waals surface area contributed by atoms with E-state index < -0.39 is 75.6 Å². The number of rotatable bonds is 5. The number of hydrogen-bond acceptors (Lipinski definition) is 9. The number of anilines is 2. The highest BCUT2D eigenvalue weighted by Crippen LogP contribution is 2.66. The molecule has 2 unspecified atom stereocenters. The van der Waals surface area contributed by atoms with Crippen molar-refractivity contribution < 1.29 is 44.7 Å². The number of carbonyl (C=O) groups excluding carboxylic acids is 4. The Morgan fingerprint density at radius 1 is 1.00 bits per heavy atom. The number of primary amides is 1. The monoisotopic (exact) mass is 637 g/mol. The van der Waals surface area contributed by atoms with Gasteiger partial charge in [-0.05, 0) is 77.5 Å². The van der Waals surface area contributed by atoms with Gasteiger partial charge in [0.1, 0.15) is 23.5 Å². The van der Waals surface area contributed by atoms with Crippen LogP contribution in [-0.2, 0) is 16.0 Å². The average Bonchev–Trinajstić information content (AvgIpc) is 2.92. The van der Waals surface area contributed by atoms with E-state index in [9.17, 15) is 44.7 Å². The first-order valence-corrected chi connectivity index (χ1v) is 15.5. The molecule has 2 saturated carbocycles. The van der Waals surface area contributed by atoms with Crippen molar-refractivity contribution in [1.82, 2.24) is 0 Å². The molecule has 0 heterocycles. The Bertz CT molecular complexity index is 1620. The van der Waals surface area contributed by atoms with Crippen LogP contribution < -0.4 is 16.4 Å². The molecule has 12 nitrogen and oxygen atoms in total. The zero-order chi connectivity index (χ0) is 34.3. The van der Waals surface area contributed by atoms with Gasteiger partial charge in [-0.1, -0.05) is 41.5 Å². The number of benzene rings is 2. The van der Waals surface area contributed by atoms with Crippen molar-refractivity contribution in [3.05, 3.63) is 47.0 Å². The number of fused-ring (bicyclic) bond motifs is 3. The van der Waals surface area contributed by atoms with Crippen LogP contribution in [0.5, 0.6) is 11.5 Å². The van der Waals surface area contributed by atoms with Crippen molar-refractivity contribution in [3.63, 3.8) is 0 Å². The average molecular weight is 638 g/mol. The second kappa shape index (κ2) is 11.1. The Morgan fingerprint density at radius 2 is 1.61 bits per heavy atom. The molecule has 0 radical (unpaired) electrons. The largest absolute Gasteiger partial charge is 0.508 e. The van der Waals surface area contributed by atoms with Gasteiger partial charge < -0.3 is 41.9 Å². The summed E-state index contributed by atoms with van der Waals surface area (Å²) in [6.07, 6.45) is -3.30. The summed E-state index contributed by atoms with van der Waals surface area (Å²) in [5.41, 5.74) is 1.80. The summed E-state index contributed by atoms with van der Waals surface area (Å²) in [5, 5.41) is 61.8. The molecule has 3 aliphatic rings. The number of aliphatic hydroxyl groups is 3. The van der Waals surface area contributed by atoms with Gasteiger partial charge in [0.25, 0.3) is 0 Å². The zero-order valence-electron chi connectivity index (χ0n) is 26.8. The fourth-order valence-electron chi connectivity index (χ4n) is 9.07. The van der Waals surface area contributed by atoms with Crippen LogP contribution in [0.3, 0.4) is 0 Å². The van der Waals surface area contributed by atoms with Crippen LogP contribution in [0.2, 0.25) is 0 Å². The molecule has 3 aliphatic carbocycles. The first-order chi connectivity index (χ1) is 21.3. The van der Waals surface area contributed by atoms with Gasteiger partial charge in [0.2, 0.25) is 5.91 Å². The Labute approximate surface area is 267 Å². The fourth-order valence-corrected chi connectivity index (χ4v) is 9.07. The van der Waals surface area contributed by atoms with E-state index in [1.807, 2.05) is 13.8 Å². The smallest absolute Gasteiger partial charge is 0.323 e. The number of nitrogens with two attached hydrogens (primary N) is 1. The molecule has 2 aromatic carbocycles. The Hall–Kier alpha value is -4.00. The molecule has 0 bridgehead atoms. The lowest BCUT2D eigenvalue weighted by Crippen LogP contribution is -2.79. The Balaban J connectivity index is 1.63. The summed E-state index contributed by atoms with van der Waals surface area (Å²) in [7, 11) is 0. The van der Waals surface area contributed by atoms with Crippen LogP contribution in [0.1, 0.15) is 75.4 Å². The van der Waals surface area contributed by atoms with Crippen molar-refractivity contribution >= 4 is 34.9 Å². The van der Waals surface area contributed by atoms with E-state index in [-0.39, 0.29) is 41.7 Å². The number of Topliss-reactive ketones (excluding diaryl/α,β-unsaturated/α-hetero) is 2. The minimum absolute atomic E-state index is 0.0104. The highest BCUT2D eigenvalue weighted by molar-refractivity contribution is 6.10. The number of carbonyl (C=O) groups is 4. The lowest BCUT2D eigenvalue weighted by molar-refractivity contribution is -0.265. The zero-order valence-corrected chi connectivity index (χ0v) is 26.8. The van der Waals surface area contributed by atoms with Crippen molar-refractivity contribution in [3.8, 4) is 11.5 Å². The van der Waals surface area contributed by atoms with Crippen LogP contribution >= 0.6 is 0 Å². The van der Waals surface area contributed by atoms with Crippen molar-refractivity contribution in [1.29, 1.82) is 0 Å². The number of phenols is 2. The van der Waals surface area contributed by atoms with Crippen LogP contribution in [0, 0.1) is 34.5 Å². The van der Waals surface area contributed by atoms with Gasteiger partial charge >= 0.3 is 6.03 Å². The van der Waals surface area contributed by atoms with Gasteiger partial charge in [-0.25, -0.2) is 4.79 Å². The number of hydrogen-bond donors (Lipinski definition) is 8. The molecule has 0 spiro atoms. The van der Waals surface area contributed by atoms with E-state index in [0.717, 1.165) is 0 Å². The van der Waals surface area contributed by atoms with E-state index in [0.29, 0.717) is 16.8 Å². The molecule has 0 aliphatic heterocycles. The number of amides is 3. The van der Waals surface area contributed by atoms with Crippen molar-refractivity contribution in [2.45, 2.75) is 78.1 Å². The van der Waals surface area contributed by atoms with E-state index in [4.69, 9.17) is 5.73 Å². The second-order valence-electron chi connectivity index (χ2n) is 14.5. The van der Waals surface area contributed by atoms with Gasteiger partial charge in [-0.15, -0.1) is 0 Å². The molecule has 2 aromatic rings. The van der Waals surface area contributed by atoms with Gasteiger partial charge in [-0.3, -0.25) is 14.4 Å². The highest BCUT2D eigenvalue weighted by atomic mass is 16.4. The number of phenolic OH excluding ortho intramolecular Hbond substituents is 2. The quantitative estimate of drug-likeness (QED) is 0.137. The number of aliphatic hydroxyl groups excluding tert-OH is 2. The van der Waals surface area contributed by atoms with Gasteiger partial charge in [0.15, 0.2) is 17.2 Å². The van der Waals surface area contributed by atoms with Crippen LogP contribution in [0.4, 0.5) is 16.2 Å². The molecule has 46 heavy (non-hydrogen) atoms. The van der Waals surface area contributed by atoms with Gasteiger partial charge in [0.05, 0.1) is 23.3 Å². The molecule has 5 rings (SSSR count). The topological polar surface area (TPSA) is 220 Å². The van der Waals surface area contributed by atoms with E-state index in [2.05, 4.69) is 10.6 Å². The number of ketones is 2. The summed E-state index contributed by atoms with van der Waals surface area (Å²) in [6.45, 7) is 10.8. The summed E-state index contributed by atoms with van der Waals surface area (Å²) < 4.78 is 0. The first kappa shape index (κ1) is 33.4. The molecule has 2 fully saturated rings. The van der Waals surface area contributed by atoms with Crippen molar-refractivity contribution in [2.24, 2.45) is 40.2 Å². The number of aromatic hydroxyl groups is 2. The third-order valence-electron chi connectivity index (χ3n) is 10.8. The molecular weight excluding hydrogens is 594 g/mol. The summed E-state index contributed by atoms with van der Waals surface area (Å²) in [4.78, 5) is 53.8. The number of urea groups is 1. The van der Waals surface area contributed by atoms with Crippen molar-refractivity contribution in [2.75, 3.05) is 10.6 Å². The summed E-state index contributed by atoms with van der Waals surface area (Å²) >= 11 is 0. The lowest BCUT2D eigenvalue weighted by Gasteiger charge is -2.66. The predicted molar refractivity (Wildman–Crippen MR) is 168 cm³/mol. The third-order valence-corrected chi connectivity index (χ3v) is 10.8. The normalized spacial score (nSPS) is 33.7. The molecule has 12 heteroatoms. The van der Waals surface area contributed by atoms with Gasteiger partial charge in [-0.2, -0.15) is 0 Å². The maximum atomic E-state index is 14.5. The molecule has 3 amide bonds. The maximum Gasteiger partial charge on any atom is 0.323 e. The highest BCUT2D eigenvalue weighted by Gasteiger charge is 2.76. The molecule has 9 N–H and O–H groups in total. The summed E-state index contributed by atoms with van der Waals surface area (Å²) in [5.74, 6) is -8.04. The van der Waals surface area contributed by atoms with Crippen LogP contribution in [0.25, 0.3) is 0 Å². The standard InChI is InChI=1S/C34H43N3O9/c1-14(2)18-11-20(37-31(45)36-16-7-9-17(38)10-8-16)25(39)21-19(18)12-32(5)13-33(6)23(15(3)4)27(41)22(30(35)44)28(42)34(33,46)29(43)24(32)26(21)40/h7-11,14-15,22-24,27,29,38-39,41,43,46H,12-13H2,1-6H3,(H2,35,44)(H2,36,37,45)/t22-,23+,24-,27?,29?,32-,33-,34+/m1/s1. The lowest BCUT2D eigenvalue weighted by atomic mass is 9.39. The molecule has 0 aromatic heterocycles. The van der Waals surface area contributed by atoms with Crippen LogP contribution in [0.15, 0.2) is 30.3 Å². The third kappa shape index (κ3) is 4.68. The van der Waals surface area contributed by atoms with E-state index in [1.165, 1.54) is 24.3 Å². The number of nitrogens with one attached hydrogen (secondary N) is 2. The van der Waals surface area contributed by atoms with Gasteiger partial charge in [0, 0.05) is 11.1 Å². The summed E-state index contributed by atoms with van der Waals surface area (Å²) in [6, 6.07) is 6.61. The molecular formula is C34H43N3O9. The minimum atomic E-state index is -2.62. The Kier molecular flexibility index (Phi) is 8.03. The molecule has 8 atom stereocenters. The van der Waals surface area contributed by atoms with Crippen LogP contribution in [-0.4, -0.2) is 66.8 Å². The predicted octanol–water partition coefficient (Wildman–Crippen LogP) is 3.05. The maximum absolute atomic E-state index is 14.5. The first-order valence-electron chi connectivity index (χ1n) is 15.5. The van der Waals surface area contributed by atoms with E-state index >= 15 is 0 Å². The molecule has 248 valence electrons. The fraction of sp³-hybridized carbons (Fsp3) is 0.529. The Morgan fingerprint density at radius 3 is 2.15 bits per heavy atom.